The molecule has 47 heavy (non-hydrogen) atoms. The van der Waals surface area contributed by atoms with E-state index >= 15 is 0 Å². The van der Waals surface area contributed by atoms with Gasteiger partial charge in [-0.15, -0.1) is 5.10 Å². The number of rotatable bonds is 8. The molecule has 2 aromatic heterocycles. The zero-order valence-corrected chi connectivity index (χ0v) is 26.1. The first-order valence-electron chi connectivity index (χ1n) is 15.8. The van der Waals surface area contributed by atoms with Gasteiger partial charge in [0.25, 0.3) is 11.8 Å². The van der Waals surface area contributed by atoms with Crippen LogP contribution in [-0.2, 0) is 17.9 Å². The molecule has 1 aliphatic heterocycles. The number of carbonyl (C=O) groups excluding carboxylic acids is 3. The molecule has 1 aliphatic carbocycles. The maximum Gasteiger partial charge on any atom is 0.329 e. The highest BCUT2D eigenvalue weighted by Crippen LogP contribution is 2.43. The van der Waals surface area contributed by atoms with Crippen molar-refractivity contribution in [1.29, 1.82) is 0 Å². The molecule has 4 amide bonds. The van der Waals surface area contributed by atoms with Crippen molar-refractivity contribution in [3.05, 3.63) is 120 Å². The number of amides is 4. The molecule has 1 atom stereocenters. The molecule has 2 aliphatic rings. The molecule has 2 fully saturated rings. The maximum atomic E-state index is 13.5. The number of nitrogens with one attached hydrogen (secondary N) is 2. The van der Waals surface area contributed by atoms with E-state index in [2.05, 4.69) is 61.9 Å². The minimum absolute atomic E-state index is 0.189. The van der Waals surface area contributed by atoms with E-state index in [-0.39, 0.29) is 24.3 Å². The highest BCUT2D eigenvalue weighted by Gasteiger charge is 2.56. The lowest BCUT2D eigenvalue weighted by atomic mass is 9.96. The molecule has 234 valence electrons. The third-order valence-electron chi connectivity index (χ3n) is 9.44. The number of imide groups is 1. The second kappa shape index (κ2) is 10.9. The third kappa shape index (κ3) is 4.93. The summed E-state index contributed by atoms with van der Waals surface area (Å²) in [5.41, 5.74) is 5.62. The SMILES string of the molecule is Cc1ccc(C(=O)NCc2ccc(N3C(=O)NC(C)(C4CC4)C3=O)cc2)c(-n2cc(Cn3c4ccccc4c4ccccc43)nn2)c1. The van der Waals surface area contributed by atoms with Crippen LogP contribution in [0.3, 0.4) is 0 Å². The Morgan fingerprint density at radius 2 is 1.62 bits per heavy atom. The number of fused-ring (bicyclic) bond motifs is 3. The largest absolute Gasteiger partial charge is 0.348 e. The van der Waals surface area contributed by atoms with Crippen LogP contribution in [0.5, 0.6) is 0 Å². The van der Waals surface area contributed by atoms with Gasteiger partial charge in [0.2, 0.25) is 0 Å². The van der Waals surface area contributed by atoms with Gasteiger partial charge < -0.3 is 15.2 Å². The molecule has 10 nitrogen and oxygen atoms in total. The summed E-state index contributed by atoms with van der Waals surface area (Å²) in [6, 6.07) is 29.0. The Morgan fingerprint density at radius 3 is 2.30 bits per heavy atom. The molecule has 0 radical (unpaired) electrons. The molecule has 8 rings (SSSR count). The number of para-hydroxylation sites is 2. The minimum atomic E-state index is -0.842. The Labute approximate surface area is 271 Å². The van der Waals surface area contributed by atoms with Gasteiger partial charge in [0, 0.05) is 28.4 Å². The molecule has 1 saturated carbocycles. The Kier molecular flexibility index (Phi) is 6.68. The average molecular weight is 624 g/mol. The number of anilines is 1. The van der Waals surface area contributed by atoms with Crippen molar-refractivity contribution in [2.45, 2.75) is 45.3 Å². The third-order valence-corrected chi connectivity index (χ3v) is 9.44. The molecule has 0 bridgehead atoms. The first-order chi connectivity index (χ1) is 22.8. The van der Waals surface area contributed by atoms with Crippen LogP contribution in [0.2, 0.25) is 0 Å². The highest BCUT2D eigenvalue weighted by molar-refractivity contribution is 6.23. The molecule has 0 spiro atoms. The summed E-state index contributed by atoms with van der Waals surface area (Å²) < 4.78 is 3.90. The van der Waals surface area contributed by atoms with Crippen molar-refractivity contribution < 1.29 is 14.4 Å². The van der Waals surface area contributed by atoms with Gasteiger partial charge in [-0.2, -0.15) is 0 Å². The molecule has 1 unspecified atom stereocenters. The first-order valence-corrected chi connectivity index (χ1v) is 15.8. The number of benzene rings is 4. The van der Waals surface area contributed by atoms with Gasteiger partial charge in [0.1, 0.15) is 11.2 Å². The fourth-order valence-electron chi connectivity index (χ4n) is 6.72. The van der Waals surface area contributed by atoms with Crippen LogP contribution in [-0.4, -0.2) is 42.9 Å². The van der Waals surface area contributed by atoms with E-state index in [0.717, 1.165) is 40.7 Å². The van der Waals surface area contributed by atoms with E-state index in [1.807, 2.05) is 49.5 Å². The van der Waals surface area contributed by atoms with E-state index in [1.165, 1.54) is 15.7 Å². The number of aromatic nitrogens is 4. The Bertz CT molecular complexity index is 2160. The molecular formula is C37H33N7O3. The van der Waals surface area contributed by atoms with Crippen LogP contribution >= 0.6 is 0 Å². The van der Waals surface area contributed by atoms with Gasteiger partial charge in [-0.05, 0) is 80.1 Å². The molecular weight excluding hydrogens is 590 g/mol. The molecule has 4 aromatic carbocycles. The molecule has 3 heterocycles. The summed E-state index contributed by atoms with van der Waals surface area (Å²) in [4.78, 5) is 40.5. The van der Waals surface area contributed by atoms with Crippen LogP contribution in [0, 0.1) is 12.8 Å². The summed E-state index contributed by atoms with van der Waals surface area (Å²) in [5, 5.41) is 17.2. The van der Waals surface area contributed by atoms with Crippen molar-refractivity contribution >= 4 is 45.3 Å². The lowest BCUT2D eigenvalue weighted by molar-refractivity contribution is -0.122. The summed E-state index contributed by atoms with van der Waals surface area (Å²) in [6.07, 6.45) is 3.76. The van der Waals surface area contributed by atoms with E-state index in [4.69, 9.17) is 0 Å². The van der Waals surface area contributed by atoms with Crippen molar-refractivity contribution in [3.8, 4) is 5.69 Å². The first kappa shape index (κ1) is 28.7. The predicted octanol–water partition coefficient (Wildman–Crippen LogP) is 5.89. The number of nitrogens with zero attached hydrogens (tertiary/aromatic N) is 5. The summed E-state index contributed by atoms with van der Waals surface area (Å²) >= 11 is 0. The molecule has 10 heteroatoms. The quantitative estimate of drug-likeness (QED) is 0.205. The van der Waals surface area contributed by atoms with Crippen LogP contribution in [0.4, 0.5) is 10.5 Å². The van der Waals surface area contributed by atoms with Crippen molar-refractivity contribution in [1.82, 2.24) is 30.2 Å². The maximum absolute atomic E-state index is 13.5. The zero-order valence-electron chi connectivity index (χ0n) is 26.1. The lowest BCUT2D eigenvalue weighted by Gasteiger charge is -2.21. The predicted molar refractivity (Wildman–Crippen MR) is 179 cm³/mol. The van der Waals surface area contributed by atoms with Gasteiger partial charge in [0.15, 0.2) is 0 Å². The smallest absolute Gasteiger partial charge is 0.329 e. The molecule has 6 aromatic rings. The lowest BCUT2D eigenvalue weighted by Crippen LogP contribution is -2.46. The monoisotopic (exact) mass is 623 g/mol. The normalized spacial score (nSPS) is 17.9. The van der Waals surface area contributed by atoms with Crippen molar-refractivity contribution in [2.75, 3.05) is 4.90 Å². The van der Waals surface area contributed by atoms with Gasteiger partial charge in [-0.25, -0.2) is 14.4 Å². The molecule has 1 saturated heterocycles. The zero-order chi connectivity index (χ0) is 32.3. The number of hydrogen-bond acceptors (Lipinski definition) is 5. The fraction of sp³-hybridized carbons (Fsp3) is 0.216. The van der Waals surface area contributed by atoms with Crippen LogP contribution in [0.15, 0.2) is 97.2 Å². The van der Waals surface area contributed by atoms with Crippen LogP contribution < -0.4 is 15.5 Å². The van der Waals surface area contributed by atoms with Gasteiger partial charge in [0.05, 0.1) is 29.7 Å². The van der Waals surface area contributed by atoms with E-state index in [9.17, 15) is 14.4 Å². The standard InChI is InChI=1S/C37H33N7O3/c1-23-11-18-30(34(45)38-20-24-12-16-27(17-13-24)44-35(46)37(2,25-14-15-25)39-36(44)47)33(19-23)43-22-26(40-41-43)21-42-31-9-5-3-7-28(31)29-8-4-6-10-32(29)42/h3-13,16-19,22,25H,14-15,20-21H2,1-2H3,(H,38,45)(H,39,47). The topological polar surface area (TPSA) is 114 Å². The van der Waals surface area contributed by atoms with E-state index in [1.54, 1.807) is 29.8 Å². The van der Waals surface area contributed by atoms with Gasteiger partial charge >= 0.3 is 6.03 Å². The minimum Gasteiger partial charge on any atom is -0.348 e. The van der Waals surface area contributed by atoms with Gasteiger partial charge in [-0.1, -0.05) is 59.8 Å². The summed E-state index contributed by atoms with van der Waals surface area (Å²) in [6.45, 7) is 4.58. The van der Waals surface area contributed by atoms with E-state index < -0.39 is 11.6 Å². The van der Waals surface area contributed by atoms with Crippen molar-refractivity contribution in [3.63, 3.8) is 0 Å². The Hall–Kier alpha value is -5.77. The number of urea groups is 1. The fourth-order valence-corrected chi connectivity index (χ4v) is 6.72. The van der Waals surface area contributed by atoms with Crippen LogP contribution in [0.1, 0.15) is 46.9 Å². The average Bonchev–Trinajstić information content (AvgIpc) is 3.71. The highest BCUT2D eigenvalue weighted by atomic mass is 16.2. The van der Waals surface area contributed by atoms with Crippen molar-refractivity contribution in [2.24, 2.45) is 5.92 Å². The Balaban J connectivity index is 0.994. The number of carbonyl (C=O) groups is 3. The van der Waals surface area contributed by atoms with E-state index in [0.29, 0.717) is 23.5 Å². The summed E-state index contributed by atoms with van der Waals surface area (Å²) in [7, 11) is 0. The second-order valence-corrected chi connectivity index (χ2v) is 12.7. The number of hydrogen-bond donors (Lipinski definition) is 2. The molecule has 2 N–H and O–H groups in total. The Morgan fingerprint density at radius 1 is 0.936 bits per heavy atom. The second-order valence-electron chi connectivity index (χ2n) is 12.7. The summed E-state index contributed by atoms with van der Waals surface area (Å²) in [5.74, 6) is -0.281. The van der Waals surface area contributed by atoms with Crippen LogP contribution in [0.25, 0.3) is 27.5 Å². The number of aryl methyl sites for hydroxylation is 1. The van der Waals surface area contributed by atoms with Gasteiger partial charge in [-0.3, -0.25) is 9.59 Å².